The molecule has 0 saturated heterocycles. The lowest BCUT2D eigenvalue weighted by Crippen LogP contribution is -1.98. The third-order valence-electron chi connectivity index (χ3n) is 2.47. The normalized spacial score (nSPS) is 10.2. The van der Waals surface area contributed by atoms with Crippen LogP contribution in [0.1, 0.15) is 48.2 Å². The number of carbonyl (C=O) groups excluding carboxylic acids is 1. The molecule has 2 nitrogen and oxygen atoms in total. The molecular formula is C13H18O2. The number of Topliss-reactive ketones (excluding diaryl/α,β-unsaturated/α-hetero) is 1. The Balaban J connectivity index is 2.25. The Bertz CT molecular complexity index is 323. The van der Waals surface area contributed by atoms with Crippen LogP contribution in [0.2, 0.25) is 0 Å². The Labute approximate surface area is 91.0 Å². The number of rotatable bonds is 7. The average molecular weight is 206 g/mol. The summed E-state index contributed by atoms with van der Waals surface area (Å²) >= 11 is 0. The molecule has 0 aliphatic rings. The van der Waals surface area contributed by atoms with Crippen molar-refractivity contribution in [3.63, 3.8) is 0 Å². The molecule has 0 saturated carbocycles. The van der Waals surface area contributed by atoms with Gasteiger partial charge < -0.3 is 4.42 Å². The van der Waals surface area contributed by atoms with E-state index in [1.165, 1.54) is 0 Å². The predicted octanol–water partition coefficient (Wildman–Crippen LogP) is 3.91. The summed E-state index contributed by atoms with van der Waals surface area (Å²) in [5.74, 6) is 0.922. The largest absolute Gasteiger partial charge is 0.469 e. The first-order valence-corrected chi connectivity index (χ1v) is 5.44. The first-order chi connectivity index (χ1) is 7.25. The van der Waals surface area contributed by atoms with Gasteiger partial charge in [0.25, 0.3) is 0 Å². The van der Waals surface area contributed by atoms with Crippen LogP contribution in [0.15, 0.2) is 29.4 Å². The van der Waals surface area contributed by atoms with Gasteiger partial charge in [0.1, 0.15) is 5.76 Å². The van der Waals surface area contributed by atoms with E-state index in [0.717, 1.165) is 37.0 Å². The minimum Gasteiger partial charge on any atom is -0.469 e. The van der Waals surface area contributed by atoms with Crippen molar-refractivity contribution in [1.29, 1.82) is 0 Å². The molecule has 1 heterocycles. The minimum atomic E-state index is 0.194. The van der Waals surface area contributed by atoms with E-state index in [2.05, 4.69) is 6.58 Å². The fourth-order valence-electron chi connectivity index (χ4n) is 1.56. The van der Waals surface area contributed by atoms with Gasteiger partial charge in [0.15, 0.2) is 5.78 Å². The monoisotopic (exact) mass is 206 g/mol. The minimum absolute atomic E-state index is 0.194. The molecule has 0 aliphatic heterocycles. The summed E-state index contributed by atoms with van der Waals surface area (Å²) in [7, 11) is 0. The summed E-state index contributed by atoms with van der Waals surface area (Å²) in [5.41, 5.74) is 0.735. The molecule has 0 spiro atoms. The van der Waals surface area contributed by atoms with Crippen molar-refractivity contribution in [1.82, 2.24) is 0 Å². The third kappa shape index (κ3) is 3.74. The van der Waals surface area contributed by atoms with Crippen molar-refractivity contribution in [2.45, 2.75) is 39.0 Å². The number of carbonyl (C=O) groups is 1. The van der Waals surface area contributed by atoms with Gasteiger partial charge in [-0.05, 0) is 32.3 Å². The number of aryl methyl sites for hydroxylation is 1. The highest BCUT2D eigenvalue weighted by Crippen LogP contribution is 2.13. The molecule has 0 atom stereocenters. The quantitative estimate of drug-likeness (QED) is 0.384. The van der Waals surface area contributed by atoms with Crippen LogP contribution >= 0.6 is 0 Å². The van der Waals surface area contributed by atoms with E-state index in [9.17, 15) is 4.79 Å². The van der Waals surface area contributed by atoms with Gasteiger partial charge in [-0.2, -0.15) is 0 Å². The Morgan fingerprint density at radius 2 is 2.27 bits per heavy atom. The molecule has 0 amide bonds. The highest BCUT2D eigenvalue weighted by atomic mass is 16.3. The van der Waals surface area contributed by atoms with Gasteiger partial charge in [0.2, 0.25) is 0 Å². The molecule has 15 heavy (non-hydrogen) atoms. The number of hydrogen-bond acceptors (Lipinski definition) is 2. The van der Waals surface area contributed by atoms with Crippen LogP contribution in [0.3, 0.4) is 0 Å². The second-order valence-electron chi connectivity index (χ2n) is 3.70. The van der Waals surface area contributed by atoms with Gasteiger partial charge in [0, 0.05) is 6.42 Å². The van der Waals surface area contributed by atoms with Gasteiger partial charge in [-0.3, -0.25) is 4.79 Å². The summed E-state index contributed by atoms with van der Waals surface area (Å²) in [6.07, 6.45) is 8.33. The van der Waals surface area contributed by atoms with E-state index in [-0.39, 0.29) is 5.78 Å². The standard InChI is InChI=1S/C13H18O2/c1-3-4-5-6-7-8-13(14)12-9-10-15-11(12)2/h3,9-10H,1,4-8H2,2H3. The summed E-state index contributed by atoms with van der Waals surface area (Å²) in [4.78, 5) is 11.7. The molecule has 0 N–H and O–H groups in total. The lowest BCUT2D eigenvalue weighted by atomic mass is 10.0. The average Bonchev–Trinajstić information content (AvgIpc) is 2.64. The molecule has 0 aromatic carbocycles. The second kappa shape index (κ2) is 6.23. The van der Waals surface area contributed by atoms with E-state index in [4.69, 9.17) is 4.42 Å². The van der Waals surface area contributed by atoms with Crippen molar-refractivity contribution in [3.8, 4) is 0 Å². The van der Waals surface area contributed by atoms with E-state index in [1.54, 1.807) is 12.3 Å². The fourth-order valence-corrected chi connectivity index (χ4v) is 1.56. The second-order valence-corrected chi connectivity index (χ2v) is 3.70. The smallest absolute Gasteiger partial charge is 0.166 e. The van der Waals surface area contributed by atoms with Gasteiger partial charge in [0.05, 0.1) is 11.8 Å². The first kappa shape index (κ1) is 11.8. The summed E-state index contributed by atoms with van der Waals surface area (Å²) in [6.45, 7) is 5.49. The number of unbranched alkanes of at least 4 members (excludes halogenated alkanes) is 3. The van der Waals surface area contributed by atoms with Crippen molar-refractivity contribution < 1.29 is 9.21 Å². The van der Waals surface area contributed by atoms with Crippen LogP contribution in [-0.2, 0) is 0 Å². The predicted molar refractivity (Wildman–Crippen MR) is 61.1 cm³/mol. The summed E-state index contributed by atoms with van der Waals surface area (Å²) < 4.78 is 5.10. The summed E-state index contributed by atoms with van der Waals surface area (Å²) in [6, 6.07) is 1.75. The Morgan fingerprint density at radius 1 is 1.47 bits per heavy atom. The maximum Gasteiger partial charge on any atom is 0.166 e. The Morgan fingerprint density at radius 3 is 2.87 bits per heavy atom. The number of furan rings is 1. The number of ketones is 1. The molecule has 0 bridgehead atoms. The van der Waals surface area contributed by atoms with Crippen molar-refractivity contribution in [2.75, 3.05) is 0 Å². The SMILES string of the molecule is C=CCCCCCC(=O)c1ccoc1C. The number of hydrogen-bond donors (Lipinski definition) is 0. The van der Waals surface area contributed by atoms with Crippen molar-refractivity contribution in [3.05, 3.63) is 36.3 Å². The Kier molecular flexibility index (Phi) is 4.88. The number of allylic oxidation sites excluding steroid dienone is 1. The van der Waals surface area contributed by atoms with Crippen LogP contribution in [-0.4, -0.2) is 5.78 Å². The molecule has 1 aromatic rings. The van der Waals surface area contributed by atoms with E-state index in [1.807, 2.05) is 13.0 Å². The van der Waals surface area contributed by atoms with E-state index >= 15 is 0 Å². The van der Waals surface area contributed by atoms with Gasteiger partial charge in [-0.25, -0.2) is 0 Å². The fraction of sp³-hybridized carbons (Fsp3) is 0.462. The summed E-state index contributed by atoms with van der Waals surface area (Å²) in [5, 5.41) is 0. The molecule has 82 valence electrons. The third-order valence-corrected chi connectivity index (χ3v) is 2.47. The molecule has 0 aliphatic carbocycles. The molecule has 0 radical (unpaired) electrons. The molecule has 1 aromatic heterocycles. The molecular weight excluding hydrogens is 188 g/mol. The lowest BCUT2D eigenvalue weighted by molar-refractivity contribution is 0.0977. The molecule has 1 rings (SSSR count). The highest BCUT2D eigenvalue weighted by molar-refractivity contribution is 5.96. The first-order valence-electron chi connectivity index (χ1n) is 5.44. The van der Waals surface area contributed by atoms with Gasteiger partial charge in [-0.1, -0.05) is 12.5 Å². The van der Waals surface area contributed by atoms with Crippen LogP contribution in [0.4, 0.5) is 0 Å². The van der Waals surface area contributed by atoms with Crippen LogP contribution in [0.5, 0.6) is 0 Å². The topological polar surface area (TPSA) is 30.2 Å². The molecule has 2 heteroatoms. The molecule has 0 unspecified atom stereocenters. The van der Waals surface area contributed by atoms with E-state index < -0.39 is 0 Å². The zero-order valence-corrected chi connectivity index (χ0v) is 9.29. The van der Waals surface area contributed by atoms with Crippen molar-refractivity contribution >= 4 is 5.78 Å². The zero-order chi connectivity index (χ0) is 11.1. The molecule has 0 fully saturated rings. The Hall–Kier alpha value is -1.31. The zero-order valence-electron chi connectivity index (χ0n) is 9.29. The van der Waals surface area contributed by atoms with Crippen molar-refractivity contribution in [2.24, 2.45) is 0 Å². The van der Waals surface area contributed by atoms with Crippen LogP contribution in [0.25, 0.3) is 0 Å². The van der Waals surface area contributed by atoms with Crippen LogP contribution in [0, 0.1) is 6.92 Å². The van der Waals surface area contributed by atoms with E-state index in [0.29, 0.717) is 6.42 Å². The maximum absolute atomic E-state index is 11.7. The lowest BCUT2D eigenvalue weighted by Gasteiger charge is -1.99. The maximum atomic E-state index is 11.7. The van der Waals surface area contributed by atoms with Gasteiger partial charge >= 0.3 is 0 Å². The highest BCUT2D eigenvalue weighted by Gasteiger charge is 2.10. The van der Waals surface area contributed by atoms with Gasteiger partial charge in [-0.15, -0.1) is 6.58 Å². The van der Waals surface area contributed by atoms with Crippen LogP contribution < -0.4 is 0 Å².